The van der Waals surface area contributed by atoms with Gasteiger partial charge >= 0.3 is 0 Å². The van der Waals surface area contributed by atoms with E-state index >= 15 is 0 Å². The van der Waals surface area contributed by atoms with E-state index in [-0.39, 0.29) is 5.41 Å². The molecule has 3 rings (SSSR count). The van der Waals surface area contributed by atoms with Crippen molar-refractivity contribution in [2.75, 3.05) is 6.54 Å². The largest absolute Gasteiger partial charge is 0.338 e. The summed E-state index contributed by atoms with van der Waals surface area (Å²) in [6.45, 7) is 0.566. The van der Waals surface area contributed by atoms with Gasteiger partial charge in [-0.2, -0.15) is 4.98 Å². The summed E-state index contributed by atoms with van der Waals surface area (Å²) in [6.07, 6.45) is 6.15. The van der Waals surface area contributed by atoms with Crippen LogP contribution in [-0.2, 0) is 5.41 Å². The summed E-state index contributed by atoms with van der Waals surface area (Å²) in [5.41, 5.74) is 6.53. The molecule has 2 heterocycles. The van der Waals surface area contributed by atoms with Crippen LogP contribution in [0.5, 0.6) is 0 Å². The van der Waals surface area contributed by atoms with E-state index in [9.17, 15) is 0 Å². The highest BCUT2D eigenvalue weighted by Crippen LogP contribution is 2.39. The Hall–Kier alpha value is -1.75. The van der Waals surface area contributed by atoms with Gasteiger partial charge in [-0.25, -0.2) is 0 Å². The third-order valence-corrected chi connectivity index (χ3v) is 3.73. The predicted octanol–water partition coefficient (Wildman–Crippen LogP) is 1.90. The maximum atomic E-state index is 5.91. The van der Waals surface area contributed by atoms with Crippen LogP contribution >= 0.6 is 0 Å². The van der Waals surface area contributed by atoms with Crippen LogP contribution in [0, 0.1) is 0 Å². The van der Waals surface area contributed by atoms with Crippen molar-refractivity contribution in [3.05, 3.63) is 30.3 Å². The van der Waals surface area contributed by atoms with Gasteiger partial charge in [0.1, 0.15) is 5.69 Å². The Kier molecular flexibility index (Phi) is 2.83. The third-order valence-electron chi connectivity index (χ3n) is 3.73. The quantitative estimate of drug-likeness (QED) is 0.892. The third kappa shape index (κ3) is 1.80. The van der Waals surface area contributed by atoms with E-state index in [0.29, 0.717) is 18.3 Å². The Labute approximate surface area is 105 Å². The lowest BCUT2D eigenvalue weighted by atomic mass is 9.86. The molecule has 5 nitrogen and oxygen atoms in total. The van der Waals surface area contributed by atoms with Crippen molar-refractivity contribution in [2.45, 2.75) is 31.1 Å². The molecule has 1 aliphatic carbocycles. The summed E-state index contributed by atoms with van der Waals surface area (Å²) in [4.78, 5) is 8.71. The number of nitrogens with zero attached hydrogens (tertiary/aromatic N) is 3. The number of aromatic nitrogens is 3. The Morgan fingerprint density at radius 1 is 1.28 bits per heavy atom. The van der Waals surface area contributed by atoms with Gasteiger partial charge in [-0.1, -0.05) is 24.1 Å². The highest BCUT2D eigenvalue weighted by atomic mass is 16.5. The van der Waals surface area contributed by atoms with Crippen LogP contribution in [-0.4, -0.2) is 21.7 Å². The number of hydrogen-bond acceptors (Lipinski definition) is 5. The van der Waals surface area contributed by atoms with Gasteiger partial charge in [-0.3, -0.25) is 4.98 Å². The van der Waals surface area contributed by atoms with Crippen molar-refractivity contribution >= 4 is 0 Å². The first-order valence-corrected chi connectivity index (χ1v) is 6.30. The van der Waals surface area contributed by atoms with Crippen LogP contribution in [0.2, 0.25) is 0 Å². The van der Waals surface area contributed by atoms with E-state index < -0.39 is 0 Å². The second-order valence-electron chi connectivity index (χ2n) is 4.83. The molecule has 0 bridgehead atoms. The van der Waals surface area contributed by atoms with Gasteiger partial charge in [0, 0.05) is 12.7 Å². The average Bonchev–Trinajstić information content (AvgIpc) is 3.09. The molecule has 0 radical (unpaired) electrons. The number of rotatable bonds is 3. The minimum Gasteiger partial charge on any atom is -0.338 e. The molecule has 0 saturated heterocycles. The molecule has 0 unspecified atom stereocenters. The molecule has 18 heavy (non-hydrogen) atoms. The number of nitrogens with two attached hydrogens (primary N) is 1. The summed E-state index contributed by atoms with van der Waals surface area (Å²) < 4.78 is 5.42. The molecule has 94 valence electrons. The number of hydrogen-bond donors (Lipinski definition) is 1. The van der Waals surface area contributed by atoms with E-state index in [1.807, 2.05) is 18.2 Å². The lowest BCUT2D eigenvalue weighted by molar-refractivity contribution is 0.284. The van der Waals surface area contributed by atoms with E-state index in [4.69, 9.17) is 10.3 Å². The van der Waals surface area contributed by atoms with Gasteiger partial charge in [0.05, 0.1) is 5.41 Å². The summed E-state index contributed by atoms with van der Waals surface area (Å²) in [6, 6.07) is 5.65. The van der Waals surface area contributed by atoms with Crippen LogP contribution in [0.25, 0.3) is 11.5 Å². The predicted molar refractivity (Wildman–Crippen MR) is 66.7 cm³/mol. The van der Waals surface area contributed by atoms with Crippen molar-refractivity contribution in [3.8, 4) is 11.5 Å². The van der Waals surface area contributed by atoms with Gasteiger partial charge < -0.3 is 10.3 Å². The van der Waals surface area contributed by atoms with E-state index in [0.717, 1.165) is 18.5 Å². The molecule has 1 aliphatic rings. The van der Waals surface area contributed by atoms with Crippen LogP contribution in [0.4, 0.5) is 0 Å². The van der Waals surface area contributed by atoms with E-state index in [1.165, 1.54) is 12.8 Å². The maximum absolute atomic E-state index is 5.91. The normalized spacial score (nSPS) is 18.1. The summed E-state index contributed by atoms with van der Waals surface area (Å²) >= 11 is 0. The van der Waals surface area contributed by atoms with Gasteiger partial charge in [-0.05, 0) is 25.0 Å². The fourth-order valence-electron chi connectivity index (χ4n) is 2.60. The van der Waals surface area contributed by atoms with Crippen LogP contribution < -0.4 is 5.73 Å². The molecule has 1 saturated carbocycles. The average molecular weight is 244 g/mol. The molecule has 1 fully saturated rings. The molecule has 2 N–H and O–H groups in total. The maximum Gasteiger partial charge on any atom is 0.234 e. The van der Waals surface area contributed by atoms with Crippen molar-refractivity contribution in [3.63, 3.8) is 0 Å². The minimum absolute atomic E-state index is 0.111. The summed E-state index contributed by atoms with van der Waals surface area (Å²) in [5, 5.41) is 4.02. The molecule has 0 atom stereocenters. The zero-order valence-corrected chi connectivity index (χ0v) is 10.2. The Balaban J connectivity index is 1.94. The van der Waals surface area contributed by atoms with E-state index in [2.05, 4.69) is 15.1 Å². The minimum atomic E-state index is -0.111. The van der Waals surface area contributed by atoms with E-state index in [1.54, 1.807) is 6.20 Å². The standard InChI is InChI=1S/C13H16N4O/c14-9-13(6-2-3-7-13)12-16-11(17-18-12)10-5-1-4-8-15-10/h1,4-5,8H,2-3,6-7,9,14H2. The highest BCUT2D eigenvalue weighted by molar-refractivity contribution is 5.47. The van der Waals surface area contributed by atoms with Crippen molar-refractivity contribution < 1.29 is 4.52 Å². The summed E-state index contributed by atoms with van der Waals surface area (Å²) in [5.74, 6) is 1.22. The molecule has 5 heteroatoms. The van der Waals surface area contributed by atoms with Crippen molar-refractivity contribution in [1.29, 1.82) is 0 Å². The van der Waals surface area contributed by atoms with Gasteiger partial charge in [0.25, 0.3) is 0 Å². The fourth-order valence-corrected chi connectivity index (χ4v) is 2.60. The summed E-state index contributed by atoms with van der Waals surface area (Å²) in [7, 11) is 0. The zero-order valence-electron chi connectivity index (χ0n) is 10.2. The van der Waals surface area contributed by atoms with Gasteiger partial charge in [-0.15, -0.1) is 0 Å². The highest BCUT2D eigenvalue weighted by Gasteiger charge is 2.39. The first-order valence-electron chi connectivity index (χ1n) is 6.30. The molecule has 0 aliphatic heterocycles. The SMILES string of the molecule is NCC1(c2nc(-c3ccccn3)no2)CCCC1. The molecule has 0 aromatic carbocycles. The van der Waals surface area contributed by atoms with Crippen molar-refractivity contribution in [2.24, 2.45) is 5.73 Å². The molecule has 2 aromatic rings. The molecule has 2 aromatic heterocycles. The smallest absolute Gasteiger partial charge is 0.234 e. The second-order valence-corrected chi connectivity index (χ2v) is 4.83. The lowest BCUT2D eigenvalue weighted by Gasteiger charge is -2.21. The van der Waals surface area contributed by atoms with Crippen LogP contribution in [0.15, 0.2) is 28.9 Å². The van der Waals surface area contributed by atoms with Gasteiger partial charge in [0.2, 0.25) is 11.7 Å². The van der Waals surface area contributed by atoms with Gasteiger partial charge in [0.15, 0.2) is 0 Å². The zero-order chi connectivity index (χ0) is 12.4. The monoisotopic (exact) mass is 244 g/mol. The lowest BCUT2D eigenvalue weighted by Crippen LogP contribution is -2.32. The molecular weight excluding hydrogens is 228 g/mol. The van der Waals surface area contributed by atoms with Crippen molar-refractivity contribution in [1.82, 2.24) is 15.1 Å². The Morgan fingerprint density at radius 2 is 2.11 bits per heavy atom. The molecular formula is C13H16N4O. The first-order chi connectivity index (χ1) is 8.84. The second kappa shape index (κ2) is 4.49. The number of pyridine rings is 1. The molecule has 0 spiro atoms. The topological polar surface area (TPSA) is 77.8 Å². The van der Waals surface area contributed by atoms with Crippen LogP contribution in [0.3, 0.4) is 0 Å². The first kappa shape index (κ1) is 11.3. The fraction of sp³-hybridized carbons (Fsp3) is 0.462. The molecule has 0 amide bonds. The Morgan fingerprint density at radius 3 is 2.78 bits per heavy atom. The van der Waals surface area contributed by atoms with Crippen LogP contribution in [0.1, 0.15) is 31.6 Å². The Bertz CT molecular complexity index is 517.